The van der Waals surface area contributed by atoms with Crippen LogP contribution in [-0.4, -0.2) is 9.52 Å². The molecule has 0 N–H and O–H groups in total. The van der Waals surface area contributed by atoms with E-state index in [0.717, 1.165) is 15.9 Å². The van der Waals surface area contributed by atoms with Crippen LogP contribution in [0, 0.1) is 0 Å². The first-order chi connectivity index (χ1) is 8.40. The molecule has 0 spiro atoms. The number of hydrogen-bond donors (Lipinski definition) is 0. The quantitative estimate of drug-likeness (QED) is 0.713. The zero-order chi connectivity index (χ0) is 11.9. The summed E-state index contributed by atoms with van der Waals surface area (Å²) in [5, 5.41) is 2.84. The van der Waals surface area contributed by atoms with E-state index in [9.17, 15) is 0 Å². The predicted molar refractivity (Wildman–Crippen MR) is 76.5 cm³/mol. The average molecular weight is 236 g/mol. The van der Waals surface area contributed by atoms with Gasteiger partial charge in [0, 0.05) is 0 Å². The van der Waals surface area contributed by atoms with Crippen LogP contribution in [0.2, 0.25) is 0 Å². The van der Waals surface area contributed by atoms with Gasteiger partial charge >= 0.3 is 0 Å². The molecule has 0 aliphatic heterocycles. The van der Waals surface area contributed by atoms with Gasteiger partial charge in [0.15, 0.2) is 0 Å². The molecule has 0 heterocycles. The molecule has 17 heavy (non-hydrogen) atoms. The van der Waals surface area contributed by atoms with Gasteiger partial charge in [0.2, 0.25) is 0 Å². The van der Waals surface area contributed by atoms with Gasteiger partial charge in [-0.2, -0.15) is 0 Å². The van der Waals surface area contributed by atoms with E-state index in [-0.39, 0.29) is 0 Å². The third kappa shape index (κ3) is 3.43. The van der Waals surface area contributed by atoms with Gasteiger partial charge in [0.1, 0.15) is 9.52 Å². The Hall–Kier alpha value is -1.60. The van der Waals surface area contributed by atoms with E-state index in [1.165, 1.54) is 15.9 Å². The lowest BCUT2D eigenvalue weighted by molar-refractivity contribution is 1.23. The predicted octanol–water partition coefficient (Wildman–Crippen LogP) is 3.47. The lowest BCUT2D eigenvalue weighted by Crippen LogP contribution is -2.15. The van der Waals surface area contributed by atoms with Gasteiger partial charge in [0.25, 0.3) is 0 Å². The van der Waals surface area contributed by atoms with Crippen molar-refractivity contribution in [2.75, 3.05) is 0 Å². The summed E-state index contributed by atoms with van der Waals surface area (Å²) in [6.45, 7) is 2.19. The first kappa shape index (κ1) is 11.9. The fourth-order valence-electron chi connectivity index (χ4n) is 1.74. The molecule has 0 atom stereocenters. The average Bonchev–Trinajstić information content (AvgIpc) is 2.40. The van der Waals surface area contributed by atoms with Crippen LogP contribution in [0.25, 0.3) is 5.20 Å². The van der Waals surface area contributed by atoms with Crippen LogP contribution in [0.15, 0.2) is 66.7 Å². The van der Waals surface area contributed by atoms with Gasteiger partial charge in [0.05, 0.1) is 0 Å². The molecule has 0 nitrogen and oxygen atoms in total. The highest BCUT2D eigenvalue weighted by Gasteiger charge is 2.03. The molecule has 0 saturated carbocycles. The molecule has 0 saturated heterocycles. The van der Waals surface area contributed by atoms with Crippen LogP contribution in [0.4, 0.5) is 0 Å². The summed E-state index contributed by atoms with van der Waals surface area (Å²) in [4.78, 5) is 0. The van der Waals surface area contributed by atoms with Crippen molar-refractivity contribution in [1.29, 1.82) is 0 Å². The van der Waals surface area contributed by atoms with Crippen molar-refractivity contribution in [3.63, 3.8) is 0 Å². The summed E-state index contributed by atoms with van der Waals surface area (Å²) < 4.78 is 0. The number of benzene rings is 2. The molecule has 0 bridgehead atoms. The maximum absolute atomic E-state index is 2.33. The minimum Gasteiger partial charge on any atom is -0.0851 e. The third-order valence-electron chi connectivity index (χ3n) is 2.55. The summed E-state index contributed by atoms with van der Waals surface area (Å²) >= 11 is 0. The molecule has 0 amide bonds. The Labute approximate surface area is 106 Å². The molecule has 2 radical (unpaired) electrons. The van der Waals surface area contributed by atoms with E-state index in [2.05, 4.69) is 73.7 Å². The van der Waals surface area contributed by atoms with E-state index in [0.29, 0.717) is 0 Å². The summed E-state index contributed by atoms with van der Waals surface area (Å²) in [6, 6.07) is 21.3. The van der Waals surface area contributed by atoms with Crippen LogP contribution < -0.4 is 5.19 Å². The lowest BCUT2D eigenvalue weighted by atomic mass is 10.2. The minimum absolute atomic E-state index is 0.741. The number of allylic oxidation sites excluding steroid dienone is 1. The van der Waals surface area contributed by atoms with Crippen LogP contribution in [0.3, 0.4) is 0 Å². The fraction of sp³-hybridized carbons (Fsp3) is 0.125. The maximum atomic E-state index is 2.33. The Morgan fingerprint density at radius 3 is 2.12 bits per heavy atom. The molecular weight excluding hydrogens is 220 g/mol. The summed E-state index contributed by atoms with van der Waals surface area (Å²) in [7, 11) is 0.741. The van der Waals surface area contributed by atoms with Crippen molar-refractivity contribution in [1.82, 2.24) is 0 Å². The van der Waals surface area contributed by atoms with Crippen molar-refractivity contribution >= 4 is 19.9 Å². The second-order valence-corrected chi connectivity index (χ2v) is 5.25. The normalized spacial score (nSPS) is 11.5. The zero-order valence-electron chi connectivity index (χ0n) is 10.1. The number of rotatable bonds is 4. The highest BCUT2D eigenvalue weighted by molar-refractivity contribution is 6.73. The van der Waals surface area contributed by atoms with E-state index >= 15 is 0 Å². The van der Waals surface area contributed by atoms with E-state index in [1.54, 1.807) is 0 Å². The summed E-state index contributed by atoms with van der Waals surface area (Å²) in [6.07, 6.45) is 3.42. The maximum Gasteiger partial charge on any atom is 0.121 e. The monoisotopic (exact) mass is 236 g/mol. The molecule has 1 heteroatoms. The molecule has 0 aliphatic rings. The topological polar surface area (TPSA) is 0 Å². The van der Waals surface area contributed by atoms with Crippen molar-refractivity contribution in [3.05, 3.63) is 72.3 Å². The Morgan fingerprint density at radius 2 is 1.53 bits per heavy atom. The molecule has 2 aromatic carbocycles. The second kappa shape index (κ2) is 6.21. The minimum atomic E-state index is 0.741. The van der Waals surface area contributed by atoms with Crippen molar-refractivity contribution in [2.24, 2.45) is 0 Å². The van der Waals surface area contributed by atoms with E-state index in [4.69, 9.17) is 0 Å². The van der Waals surface area contributed by atoms with Gasteiger partial charge in [-0.3, -0.25) is 0 Å². The third-order valence-corrected chi connectivity index (χ3v) is 3.93. The smallest absolute Gasteiger partial charge is 0.0851 e. The Kier molecular flexibility index (Phi) is 4.34. The van der Waals surface area contributed by atoms with Crippen molar-refractivity contribution in [2.45, 2.75) is 13.3 Å². The van der Waals surface area contributed by atoms with Crippen LogP contribution in [0.1, 0.15) is 18.9 Å². The fourth-order valence-corrected chi connectivity index (χ4v) is 3.03. The van der Waals surface area contributed by atoms with Gasteiger partial charge in [-0.15, -0.1) is 0 Å². The lowest BCUT2D eigenvalue weighted by Gasteiger charge is -2.07. The zero-order valence-corrected chi connectivity index (χ0v) is 11.1. The first-order valence-corrected chi connectivity index (χ1v) is 6.98. The van der Waals surface area contributed by atoms with E-state index < -0.39 is 0 Å². The van der Waals surface area contributed by atoms with Gasteiger partial charge in [-0.1, -0.05) is 84.0 Å². The Bertz CT molecular complexity index is 471. The number of hydrogen-bond acceptors (Lipinski definition) is 0. The molecule has 2 aromatic rings. The molecule has 0 unspecified atom stereocenters. The van der Waals surface area contributed by atoms with Gasteiger partial charge in [-0.05, 0) is 12.0 Å². The van der Waals surface area contributed by atoms with Gasteiger partial charge in [-0.25, -0.2) is 0 Å². The van der Waals surface area contributed by atoms with Crippen molar-refractivity contribution in [3.8, 4) is 0 Å². The highest BCUT2D eigenvalue weighted by Crippen LogP contribution is 2.13. The van der Waals surface area contributed by atoms with E-state index in [1.807, 2.05) is 0 Å². The summed E-state index contributed by atoms with van der Waals surface area (Å²) in [5.74, 6) is 0. The molecule has 0 fully saturated rings. The van der Waals surface area contributed by atoms with Crippen LogP contribution in [-0.2, 0) is 0 Å². The van der Waals surface area contributed by atoms with Crippen LogP contribution in [0.5, 0.6) is 0 Å². The summed E-state index contributed by atoms with van der Waals surface area (Å²) in [5.41, 5.74) is 1.34. The second-order valence-electron chi connectivity index (χ2n) is 3.88. The highest BCUT2D eigenvalue weighted by atomic mass is 28.2. The first-order valence-electron chi connectivity index (χ1n) is 5.98. The molecular formula is C16H16Si. The van der Waals surface area contributed by atoms with Crippen LogP contribution >= 0.6 is 0 Å². The van der Waals surface area contributed by atoms with Crippen molar-refractivity contribution < 1.29 is 0 Å². The Balaban J connectivity index is 2.23. The molecule has 0 aromatic heterocycles. The van der Waals surface area contributed by atoms with Gasteiger partial charge < -0.3 is 0 Å². The standard InChI is InChI=1S/C16H16Si/c1-2-9-16(14-10-5-3-6-11-14)17-15-12-7-4-8-13-15/h3-13H,2H2,1H3/b16-9+. The SMILES string of the molecule is CC/C=C(/[Si]c1ccccc1)c1ccccc1. The molecule has 2 rings (SSSR count). The molecule has 0 aliphatic carbocycles. The molecule has 84 valence electrons. The Morgan fingerprint density at radius 1 is 0.941 bits per heavy atom. The largest absolute Gasteiger partial charge is 0.121 e.